The van der Waals surface area contributed by atoms with E-state index in [1.807, 2.05) is 54.7 Å². The molecule has 0 unspecified atom stereocenters. The molecular weight excluding hydrogens is 499 g/mol. The molecular formula is C27H21Cl2N4O3+. The molecule has 4 aromatic rings. The number of H-pyrrole nitrogens is 1. The number of hydrogen-bond acceptors (Lipinski definition) is 5. The Balaban J connectivity index is 1.34. The van der Waals surface area contributed by atoms with E-state index < -0.39 is 5.97 Å². The Labute approximate surface area is 218 Å². The van der Waals surface area contributed by atoms with Crippen molar-refractivity contribution in [3.05, 3.63) is 118 Å². The number of pyridine rings is 1. The van der Waals surface area contributed by atoms with Gasteiger partial charge in [-0.1, -0.05) is 41.4 Å². The third-order valence-corrected chi connectivity index (χ3v) is 5.23. The molecule has 180 valence electrons. The Morgan fingerprint density at radius 3 is 2.44 bits per heavy atom. The van der Waals surface area contributed by atoms with E-state index in [0.717, 1.165) is 16.9 Å². The second-order valence-corrected chi connectivity index (χ2v) is 8.19. The molecule has 0 bridgehead atoms. The van der Waals surface area contributed by atoms with Crippen LogP contribution in [-0.2, 0) is 4.79 Å². The van der Waals surface area contributed by atoms with Crippen LogP contribution in [0.4, 0.5) is 5.69 Å². The number of esters is 1. The minimum atomic E-state index is -0.565. The number of halogens is 2. The fourth-order valence-corrected chi connectivity index (χ4v) is 3.46. The van der Waals surface area contributed by atoms with Crippen molar-refractivity contribution in [2.24, 2.45) is 10.1 Å². The molecule has 0 saturated heterocycles. The van der Waals surface area contributed by atoms with Crippen molar-refractivity contribution in [1.29, 1.82) is 0 Å². The zero-order valence-electron chi connectivity index (χ0n) is 18.9. The van der Waals surface area contributed by atoms with Crippen molar-refractivity contribution in [1.82, 2.24) is 5.43 Å². The summed E-state index contributed by atoms with van der Waals surface area (Å²) >= 11 is 11.9. The van der Waals surface area contributed by atoms with E-state index in [-0.39, 0.29) is 6.61 Å². The number of amidine groups is 1. The number of nitrogens with one attached hydrogen (secondary N) is 2. The summed E-state index contributed by atoms with van der Waals surface area (Å²) in [6.07, 6.45) is 3.46. The number of aromatic amines is 1. The second kappa shape index (κ2) is 12.5. The zero-order valence-corrected chi connectivity index (χ0v) is 20.4. The van der Waals surface area contributed by atoms with E-state index >= 15 is 0 Å². The normalized spacial score (nSPS) is 11.3. The smallest absolute Gasteiger partial charge is 0.349 e. The number of ether oxygens (including phenoxy) is 2. The average Bonchev–Trinajstić information content (AvgIpc) is 2.90. The summed E-state index contributed by atoms with van der Waals surface area (Å²) in [6.45, 7) is -0.297. The third-order valence-electron chi connectivity index (χ3n) is 4.70. The van der Waals surface area contributed by atoms with Crippen LogP contribution in [0, 0.1) is 0 Å². The lowest BCUT2D eigenvalue weighted by molar-refractivity contribution is -0.380. The van der Waals surface area contributed by atoms with Crippen LogP contribution in [-0.4, -0.2) is 24.6 Å². The second-order valence-electron chi connectivity index (χ2n) is 7.35. The van der Waals surface area contributed by atoms with Crippen LogP contribution in [0.1, 0.15) is 11.3 Å². The van der Waals surface area contributed by atoms with Gasteiger partial charge < -0.3 is 9.47 Å². The standard InChI is InChI=1S/C27H20Cl2N4O3/c28-20-11-14-25(23(29)16-20)35-18-26(34)36-22-12-9-19(10-13-22)17-31-33-27(24-8-4-5-15-30-24)32-21-6-2-1-3-7-21/h1-17H,18H2,(H,32,33)/p+1. The maximum absolute atomic E-state index is 12.1. The van der Waals surface area contributed by atoms with Crippen LogP contribution in [0.3, 0.4) is 0 Å². The number of carbonyl (C=O) groups excluding carboxylic acids is 1. The van der Waals surface area contributed by atoms with Crippen LogP contribution in [0.25, 0.3) is 0 Å². The van der Waals surface area contributed by atoms with Gasteiger partial charge in [-0.15, -0.1) is 0 Å². The molecule has 0 saturated carbocycles. The minimum absolute atomic E-state index is 0.297. The van der Waals surface area contributed by atoms with Crippen molar-refractivity contribution >= 4 is 46.9 Å². The Morgan fingerprint density at radius 2 is 1.72 bits per heavy atom. The molecule has 0 aliphatic heterocycles. The number of hydrogen-bond donors (Lipinski definition) is 1. The molecule has 0 fully saturated rings. The lowest BCUT2D eigenvalue weighted by Gasteiger charge is -2.08. The first-order valence-electron chi connectivity index (χ1n) is 10.9. The number of benzene rings is 3. The first-order valence-corrected chi connectivity index (χ1v) is 11.6. The van der Waals surface area contributed by atoms with Crippen LogP contribution in [0.5, 0.6) is 11.5 Å². The van der Waals surface area contributed by atoms with Gasteiger partial charge in [0.05, 0.1) is 16.9 Å². The minimum Gasteiger partial charge on any atom is -0.480 e. The van der Waals surface area contributed by atoms with Gasteiger partial charge in [0.1, 0.15) is 11.5 Å². The van der Waals surface area contributed by atoms with Crippen molar-refractivity contribution in [3.8, 4) is 11.5 Å². The summed E-state index contributed by atoms with van der Waals surface area (Å²) in [5, 5.41) is 5.10. The summed E-state index contributed by atoms with van der Waals surface area (Å²) in [5.74, 6) is 0.718. The van der Waals surface area contributed by atoms with Gasteiger partial charge in [0, 0.05) is 17.2 Å². The first-order chi connectivity index (χ1) is 17.6. The third kappa shape index (κ3) is 7.40. The molecule has 4 rings (SSSR count). The molecule has 0 atom stereocenters. The monoisotopic (exact) mass is 519 g/mol. The molecule has 0 aliphatic carbocycles. The number of rotatable bonds is 8. The van der Waals surface area contributed by atoms with E-state index in [2.05, 4.69) is 20.5 Å². The van der Waals surface area contributed by atoms with Gasteiger partial charge in [-0.3, -0.25) is 5.43 Å². The highest BCUT2D eigenvalue weighted by Gasteiger charge is 2.10. The van der Waals surface area contributed by atoms with Crippen LogP contribution in [0.15, 0.2) is 107 Å². The van der Waals surface area contributed by atoms with Crippen LogP contribution in [0.2, 0.25) is 10.0 Å². The molecule has 36 heavy (non-hydrogen) atoms. The molecule has 9 heteroatoms. The number of aromatic nitrogens is 1. The van der Waals surface area contributed by atoms with Gasteiger partial charge in [-0.2, -0.15) is 5.10 Å². The molecule has 1 aromatic heterocycles. The molecule has 3 aromatic carbocycles. The Kier molecular flexibility index (Phi) is 8.64. The van der Waals surface area contributed by atoms with Crippen LogP contribution >= 0.6 is 23.2 Å². The van der Waals surface area contributed by atoms with Gasteiger partial charge in [-0.05, 0) is 66.2 Å². The Morgan fingerprint density at radius 1 is 0.944 bits per heavy atom. The lowest BCUT2D eigenvalue weighted by atomic mass is 10.2. The van der Waals surface area contributed by atoms with E-state index in [0.29, 0.717) is 27.4 Å². The van der Waals surface area contributed by atoms with Crippen molar-refractivity contribution in [3.63, 3.8) is 0 Å². The number of para-hydroxylation sites is 1. The fraction of sp³-hybridized carbons (Fsp3) is 0.0370. The summed E-state index contributed by atoms with van der Waals surface area (Å²) in [6, 6.07) is 26.9. The van der Waals surface area contributed by atoms with Crippen molar-refractivity contribution in [2.45, 2.75) is 0 Å². The topological polar surface area (TPSA) is 86.4 Å². The number of carbonyl (C=O) groups is 1. The summed E-state index contributed by atoms with van der Waals surface area (Å²) in [5.41, 5.74) is 5.35. The lowest BCUT2D eigenvalue weighted by Crippen LogP contribution is -2.26. The average molecular weight is 520 g/mol. The van der Waals surface area contributed by atoms with Gasteiger partial charge in [0.25, 0.3) is 0 Å². The molecule has 2 N–H and O–H groups in total. The van der Waals surface area contributed by atoms with E-state index in [1.54, 1.807) is 42.6 Å². The number of hydrazone groups is 1. The molecule has 7 nitrogen and oxygen atoms in total. The Hall–Kier alpha value is -4.20. The summed E-state index contributed by atoms with van der Waals surface area (Å²) in [7, 11) is 0. The molecule has 0 amide bonds. The predicted molar refractivity (Wildman–Crippen MR) is 140 cm³/mol. The molecule has 0 spiro atoms. The van der Waals surface area contributed by atoms with Crippen molar-refractivity contribution in [2.75, 3.05) is 6.61 Å². The summed E-state index contributed by atoms with van der Waals surface area (Å²) in [4.78, 5) is 19.9. The van der Waals surface area contributed by atoms with Gasteiger partial charge >= 0.3 is 5.97 Å². The molecule has 1 heterocycles. The van der Waals surface area contributed by atoms with E-state index in [4.69, 9.17) is 32.7 Å². The van der Waals surface area contributed by atoms with Gasteiger partial charge in [-0.25, -0.2) is 14.8 Å². The van der Waals surface area contributed by atoms with Crippen LogP contribution < -0.4 is 19.9 Å². The van der Waals surface area contributed by atoms with E-state index in [1.165, 1.54) is 6.07 Å². The highest BCUT2D eigenvalue weighted by atomic mass is 35.5. The predicted octanol–water partition coefficient (Wildman–Crippen LogP) is 5.49. The number of aliphatic imine (C=N–C) groups is 1. The maximum Gasteiger partial charge on any atom is 0.349 e. The zero-order chi connectivity index (χ0) is 25.2. The first kappa shape index (κ1) is 24.9. The largest absolute Gasteiger partial charge is 0.480 e. The van der Waals surface area contributed by atoms with Crippen molar-refractivity contribution < 1.29 is 19.3 Å². The number of nitrogens with zero attached hydrogens (tertiary/aromatic N) is 2. The van der Waals surface area contributed by atoms with Gasteiger partial charge in [0.15, 0.2) is 12.8 Å². The quantitative estimate of drug-likeness (QED) is 0.109. The highest BCUT2D eigenvalue weighted by Crippen LogP contribution is 2.27. The fourth-order valence-electron chi connectivity index (χ4n) is 3.00. The highest BCUT2D eigenvalue weighted by molar-refractivity contribution is 6.35. The maximum atomic E-state index is 12.1. The van der Waals surface area contributed by atoms with Gasteiger partial charge in [0.2, 0.25) is 11.5 Å². The van der Waals surface area contributed by atoms with E-state index in [9.17, 15) is 4.79 Å². The SMILES string of the molecule is O=C(COc1ccc(Cl)cc1Cl)Oc1ccc(C=NNC(=Nc2ccccc2)c2cccc[nH+]2)cc1. The molecule has 0 aliphatic rings. The molecule has 0 radical (unpaired) electrons. The Bertz CT molecular complexity index is 1360. The summed E-state index contributed by atoms with van der Waals surface area (Å²) < 4.78 is 10.7.